The normalized spacial score (nSPS) is 26.4. The topological polar surface area (TPSA) is 33.7 Å². The van der Waals surface area contributed by atoms with Crippen molar-refractivity contribution >= 4 is 0 Å². The van der Waals surface area contributed by atoms with Gasteiger partial charge in [0.1, 0.15) is 5.76 Å². The Balaban J connectivity index is 1.59. The van der Waals surface area contributed by atoms with E-state index in [0.29, 0.717) is 17.0 Å². The molecule has 184 valence electrons. The minimum absolute atomic E-state index is 0.0491. The van der Waals surface area contributed by atoms with E-state index in [0.717, 1.165) is 24.9 Å². The lowest BCUT2D eigenvalue weighted by Crippen LogP contribution is -2.47. The molecule has 5 rings (SSSR count). The summed E-state index contributed by atoms with van der Waals surface area (Å²) in [6.07, 6.45) is 0.355. The quantitative estimate of drug-likeness (QED) is 0.569. The van der Waals surface area contributed by atoms with Gasteiger partial charge in [0.05, 0.1) is 25.1 Å². The summed E-state index contributed by atoms with van der Waals surface area (Å²) >= 11 is 0. The van der Waals surface area contributed by atoms with Gasteiger partial charge in [-0.15, -0.1) is 0 Å². The average Bonchev–Trinajstić information content (AvgIpc) is 3.28. The Morgan fingerprint density at radius 3 is 2.40 bits per heavy atom. The van der Waals surface area contributed by atoms with Gasteiger partial charge in [0.25, 0.3) is 5.60 Å². The fourth-order valence-electron chi connectivity index (χ4n) is 5.55. The fraction of sp³-hybridized carbons (Fsp3) is 0.357. The summed E-state index contributed by atoms with van der Waals surface area (Å²) in [5, 5.41) is 3.61. The third-order valence-electron chi connectivity index (χ3n) is 7.31. The Labute approximate surface area is 203 Å². The summed E-state index contributed by atoms with van der Waals surface area (Å²) in [6.45, 7) is 0.896. The van der Waals surface area contributed by atoms with Gasteiger partial charge in [0.15, 0.2) is 0 Å². The van der Waals surface area contributed by atoms with E-state index in [4.69, 9.17) is 9.47 Å². The van der Waals surface area contributed by atoms with E-state index in [1.165, 1.54) is 18.4 Å². The van der Waals surface area contributed by atoms with Gasteiger partial charge in [-0.2, -0.15) is 13.2 Å². The predicted molar refractivity (Wildman–Crippen MR) is 128 cm³/mol. The van der Waals surface area contributed by atoms with Crippen LogP contribution in [0.3, 0.4) is 0 Å². The SMILES string of the molecule is COC1=C(N(C)[C@H]2CCCN[C@H]2c2ccccc2)C=C2C(=COC2(c2ccccc2)C(F)(F)F)C1. The Morgan fingerprint density at radius 2 is 1.74 bits per heavy atom. The zero-order valence-corrected chi connectivity index (χ0v) is 19.8. The molecule has 2 aromatic carbocycles. The molecular weight excluding hydrogens is 453 g/mol. The number of nitrogens with zero attached hydrogens (tertiary/aromatic N) is 1. The molecule has 3 aliphatic rings. The van der Waals surface area contributed by atoms with Crippen LogP contribution in [-0.4, -0.2) is 37.8 Å². The molecule has 0 amide bonds. The second-order valence-corrected chi connectivity index (χ2v) is 9.22. The molecule has 0 radical (unpaired) electrons. The van der Waals surface area contributed by atoms with Crippen LogP contribution in [0.15, 0.2) is 95.6 Å². The largest absolute Gasteiger partial charge is 0.499 e. The Hall–Kier alpha value is -3.19. The van der Waals surface area contributed by atoms with E-state index < -0.39 is 11.8 Å². The van der Waals surface area contributed by atoms with Crippen LogP contribution < -0.4 is 5.32 Å². The second-order valence-electron chi connectivity index (χ2n) is 9.22. The number of ether oxygens (including phenoxy) is 2. The standard InChI is InChI=1S/C28H29F3N2O2/c1-33(23-14-9-15-32-26(23)19-10-5-3-6-11-19)24-17-22-20(16-25(24)34-2)18-35-27(22,28(29,30)31)21-12-7-4-8-13-21/h3-8,10-13,17-18,23,26,32H,9,14-16H2,1-2H3/t23-,26-,27?/m0/s1. The number of fused-ring (bicyclic) bond motifs is 1. The summed E-state index contributed by atoms with van der Waals surface area (Å²) in [7, 11) is 3.52. The number of piperidine rings is 1. The molecule has 2 heterocycles. The van der Waals surface area contributed by atoms with Gasteiger partial charge >= 0.3 is 6.18 Å². The van der Waals surface area contributed by atoms with Crippen LogP contribution in [0.5, 0.6) is 0 Å². The molecule has 0 saturated carbocycles. The Kier molecular flexibility index (Phi) is 6.13. The predicted octanol–water partition coefficient (Wildman–Crippen LogP) is 5.97. The summed E-state index contributed by atoms with van der Waals surface area (Å²) in [5.41, 5.74) is -0.0524. The van der Waals surface area contributed by atoms with E-state index in [1.807, 2.05) is 25.2 Å². The van der Waals surface area contributed by atoms with Crippen LogP contribution in [0.2, 0.25) is 0 Å². The fourth-order valence-corrected chi connectivity index (χ4v) is 5.55. The molecule has 4 nitrogen and oxygen atoms in total. The number of allylic oxidation sites excluding steroid dienone is 2. The first kappa shape index (κ1) is 23.5. The zero-order chi connectivity index (χ0) is 24.6. The zero-order valence-electron chi connectivity index (χ0n) is 19.8. The molecule has 2 aromatic rings. The van der Waals surface area contributed by atoms with Gasteiger partial charge in [0.2, 0.25) is 0 Å². The van der Waals surface area contributed by atoms with Crippen LogP contribution in [-0.2, 0) is 15.1 Å². The van der Waals surface area contributed by atoms with Gasteiger partial charge in [-0.3, -0.25) is 0 Å². The molecule has 7 heteroatoms. The van der Waals surface area contributed by atoms with Crippen LogP contribution in [0, 0.1) is 0 Å². The minimum Gasteiger partial charge on any atom is -0.499 e. The highest BCUT2D eigenvalue weighted by Gasteiger charge is 2.64. The smallest absolute Gasteiger partial charge is 0.437 e. The molecule has 1 aliphatic carbocycles. The average molecular weight is 483 g/mol. The first-order chi connectivity index (χ1) is 16.9. The molecule has 1 N–H and O–H groups in total. The monoisotopic (exact) mass is 482 g/mol. The number of rotatable bonds is 5. The molecule has 0 bridgehead atoms. The van der Waals surface area contributed by atoms with Gasteiger partial charge in [-0.1, -0.05) is 60.7 Å². The van der Waals surface area contributed by atoms with Crippen molar-refractivity contribution in [3.8, 4) is 0 Å². The van der Waals surface area contributed by atoms with E-state index in [9.17, 15) is 13.2 Å². The second kappa shape index (κ2) is 9.11. The van der Waals surface area contributed by atoms with E-state index in [2.05, 4.69) is 22.3 Å². The molecule has 2 aliphatic heterocycles. The Morgan fingerprint density at radius 1 is 1.06 bits per heavy atom. The summed E-state index contributed by atoms with van der Waals surface area (Å²) in [4.78, 5) is 2.08. The number of nitrogens with one attached hydrogen (secondary N) is 1. The first-order valence-corrected chi connectivity index (χ1v) is 11.9. The van der Waals surface area contributed by atoms with Gasteiger partial charge in [0, 0.05) is 36.2 Å². The van der Waals surface area contributed by atoms with Crippen molar-refractivity contribution < 1.29 is 22.6 Å². The van der Waals surface area contributed by atoms with Crippen LogP contribution in [0.4, 0.5) is 13.2 Å². The van der Waals surface area contributed by atoms with Crippen molar-refractivity contribution in [2.45, 2.75) is 43.1 Å². The molecule has 0 spiro atoms. The van der Waals surface area contributed by atoms with Crippen molar-refractivity contribution in [1.82, 2.24) is 10.2 Å². The maximum absolute atomic E-state index is 14.7. The van der Waals surface area contributed by atoms with E-state index in [-0.39, 0.29) is 29.6 Å². The van der Waals surface area contributed by atoms with Gasteiger partial charge in [-0.25, -0.2) is 0 Å². The molecule has 0 aromatic heterocycles. The van der Waals surface area contributed by atoms with Crippen molar-refractivity contribution in [1.29, 1.82) is 0 Å². The molecule has 1 fully saturated rings. The Bertz CT molecular complexity index is 1160. The number of hydrogen-bond acceptors (Lipinski definition) is 4. The molecular formula is C28H29F3N2O2. The van der Waals surface area contributed by atoms with Crippen molar-refractivity contribution in [2.24, 2.45) is 0 Å². The lowest BCUT2D eigenvalue weighted by atomic mass is 9.79. The van der Waals surface area contributed by atoms with Crippen molar-refractivity contribution in [2.75, 3.05) is 20.7 Å². The third-order valence-corrected chi connectivity index (χ3v) is 7.31. The van der Waals surface area contributed by atoms with Crippen LogP contribution >= 0.6 is 0 Å². The maximum Gasteiger partial charge on any atom is 0.437 e. The number of likely N-dealkylation sites (N-methyl/N-ethyl adjacent to an activating group) is 1. The summed E-state index contributed by atoms with van der Waals surface area (Å²) in [6, 6.07) is 18.1. The maximum atomic E-state index is 14.7. The van der Waals surface area contributed by atoms with Crippen molar-refractivity contribution in [3.63, 3.8) is 0 Å². The summed E-state index contributed by atoms with van der Waals surface area (Å²) < 4.78 is 55.5. The van der Waals surface area contributed by atoms with Crippen LogP contribution in [0.1, 0.15) is 36.4 Å². The highest BCUT2D eigenvalue weighted by molar-refractivity contribution is 5.56. The van der Waals surface area contributed by atoms with Crippen molar-refractivity contribution in [3.05, 3.63) is 107 Å². The number of benzene rings is 2. The first-order valence-electron chi connectivity index (χ1n) is 11.9. The molecule has 3 atom stereocenters. The molecule has 1 saturated heterocycles. The van der Waals surface area contributed by atoms with Crippen LogP contribution in [0.25, 0.3) is 0 Å². The summed E-state index contributed by atoms with van der Waals surface area (Å²) in [5.74, 6) is 0.634. The number of hydrogen-bond donors (Lipinski definition) is 1. The number of alkyl halides is 3. The lowest BCUT2D eigenvalue weighted by molar-refractivity contribution is -0.246. The minimum atomic E-state index is -4.65. The van der Waals surface area contributed by atoms with Gasteiger partial charge in [-0.05, 0) is 31.0 Å². The lowest BCUT2D eigenvalue weighted by Gasteiger charge is -2.42. The molecule has 35 heavy (non-hydrogen) atoms. The number of halogens is 3. The highest BCUT2D eigenvalue weighted by Crippen LogP contribution is 2.56. The highest BCUT2D eigenvalue weighted by atomic mass is 19.4. The van der Waals surface area contributed by atoms with E-state index >= 15 is 0 Å². The van der Waals surface area contributed by atoms with Gasteiger partial charge < -0.3 is 19.7 Å². The third kappa shape index (κ3) is 3.92. The van der Waals surface area contributed by atoms with E-state index in [1.54, 1.807) is 31.4 Å². The number of methoxy groups -OCH3 is 1. The molecule has 1 unspecified atom stereocenters.